The summed E-state index contributed by atoms with van der Waals surface area (Å²) in [4.78, 5) is 15.9. The first-order valence-electron chi connectivity index (χ1n) is 8.65. The average molecular weight is 339 g/mol. The maximum Gasteiger partial charge on any atom is 0.315 e. The van der Waals surface area contributed by atoms with E-state index in [1.807, 2.05) is 12.1 Å². The summed E-state index contributed by atoms with van der Waals surface area (Å²) in [5.41, 5.74) is 4.67. The number of nitrogens with one attached hydrogen (secondary N) is 2. The lowest BCUT2D eigenvalue weighted by Gasteiger charge is -2.13. The molecular formula is C19H21N3O3. The van der Waals surface area contributed by atoms with Gasteiger partial charge in [-0.3, -0.25) is 4.98 Å². The number of pyridine rings is 1. The minimum atomic E-state index is -0.168. The second kappa shape index (κ2) is 7.01. The van der Waals surface area contributed by atoms with E-state index in [0.717, 1.165) is 49.5 Å². The van der Waals surface area contributed by atoms with Gasteiger partial charge in [0, 0.05) is 55.0 Å². The number of hydrogen-bond donors (Lipinski definition) is 2. The van der Waals surface area contributed by atoms with Crippen molar-refractivity contribution in [3.8, 4) is 11.5 Å². The molecule has 2 amide bonds. The Labute approximate surface area is 146 Å². The minimum Gasteiger partial charge on any atom is -0.493 e. The van der Waals surface area contributed by atoms with Gasteiger partial charge in [-0.2, -0.15) is 0 Å². The van der Waals surface area contributed by atoms with Crippen LogP contribution >= 0.6 is 0 Å². The number of fused-ring (bicyclic) bond motifs is 2. The lowest BCUT2D eigenvalue weighted by Crippen LogP contribution is -2.36. The fourth-order valence-corrected chi connectivity index (χ4v) is 3.40. The minimum absolute atomic E-state index is 0.168. The molecule has 0 saturated heterocycles. The van der Waals surface area contributed by atoms with E-state index in [1.165, 1.54) is 16.7 Å². The van der Waals surface area contributed by atoms with E-state index in [1.54, 1.807) is 12.4 Å². The molecule has 0 saturated carbocycles. The number of carbonyl (C=O) groups is 1. The van der Waals surface area contributed by atoms with Crippen molar-refractivity contribution in [2.45, 2.75) is 25.8 Å². The van der Waals surface area contributed by atoms with Crippen LogP contribution in [-0.2, 0) is 25.8 Å². The van der Waals surface area contributed by atoms with Gasteiger partial charge in [-0.1, -0.05) is 0 Å². The van der Waals surface area contributed by atoms with Crippen LogP contribution in [0.25, 0.3) is 0 Å². The van der Waals surface area contributed by atoms with Crippen LogP contribution in [0, 0.1) is 0 Å². The molecule has 1 aromatic heterocycles. The van der Waals surface area contributed by atoms with Gasteiger partial charge in [-0.15, -0.1) is 0 Å². The standard InChI is InChI=1S/C19H21N3O3/c23-19(22-12-13-1-6-20-7-2-13)21-8-3-16-15-5-10-24-17(15)11-14-4-9-25-18(14)16/h1-2,6-7,11H,3-5,8-10,12H2,(H2,21,22,23). The summed E-state index contributed by atoms with van der Waals surface area (Å²) in [6.07, 6.45) is 6.02. The number of aromatic nitrogens is 1. The van der Waals surface area contributed by atoms with E-state index in [2.05, 4.69) is 21.7 Å². The summed E-state index contributed by atoms with van der Waals surface area (Å²) in [5.74, 6) is 1.99. The molecule has 2 aliphatic rings. The van der Waals surface area contributed by atoms with Crippen LogP contribution in [0.3, 0.4) is 0 Å². The Morgan fingerprint density at radius 1 is 1.12 bits per heavy atom. The molecule has 0 bridgehead atoms. The van der Waals surface area contributed by atoms with Crippen molar-refractivity contribution in [2.75, 3.05) is 19.8 Å². The van der Waals surface area contributed by atoms with E-state index in [0.29, 0.717) is 13.1 Å². The zero-order valence-electron chi connectivity index (χ0n) is 14.0. The third-order valence-electron chi connectivity index (χ3n) is 4.62. The molecule has 0 fully saturated rings. The van der Waals surface area contributed by atoms with Gasteiger partial charge in [-0.05, 0) is 30.2 Å². The summed E-state index contributed by atoms with van der Waals surface area (Å²) >= 11 is 0. The van der Waals surface area contributed by atoms with Crippen LogP contribution in [0.4, 0.5) is 4.79 Å². The Balaban J connectivity index is 1.34. The fraction of sp³-hybridized carbons (Fsp3) is 0.368. The quantitative estimate of drug-likeness (QED) is 0.874. The molecular weight excluding hydrogens is 318 g/mol. The second-order valence-corrected chi connectivity index (χ2v) is 6.23. The highest BCUT2D eigenvalue weighted by Crippen LogP contribution is 2.40. The number of urea groups is 1. The molecule has 130 valence electrons. The average Bonchev–Trinajstić information content (AvgIpc) is 3.29. The molecule has 3 heterocycles. The summed E-state index contributed by atoms with van der Waals surface area (Å²) in [6.45, 7) is 2.51. The molecule has 0 spiro atoms. The summed E-state index contributed by atoms with van der Waals surface area (Å²) in [5, 5.41) is 5.78. The van der Waals surface area contributed by atoms with Crippen LogP contribution in [0.1, 0.15) is 22.3 Å². The predicted octanol–water partition coefficient (Wildman–Crippen LogP) is 1.99. The Hall–Kier alpha value is -2.76. The van der Waals surface area contributed by atoms with Gasteiger partial charge in [0.2, 0.25) is 0 Å². The maximum absolute atomic E-state index is 12.0. The van der Waals surface area contributed by atoms with Crippen LogP contribution in [0.2, 0.25) is 0 Å². The highest BCUT2D eigenvalue weighted by Gasteiger charge is 2.26. The molecule has 0 atom stereocenters. The summed E-state index contributed by atoms with van der Waals surface area (Å²) < 4.78 is 11.5. The second-order valence-electron chi connectivity index (χ2n) is 6.23. The van der Waals surface area contributed by atoms with Crippen LogP contribution in [0.5, 0.6) is 11.5 Å². The van der Waals surface area contributed by atoms with E-state index in [-0.39, 0.29) is 6.03 Å². The lowest BCUT2D eigenvalue weighted by molar-refractivity contribution is 0.240. The van der Waals surface area contributed by atoms with Crippen molar-refractivity contribution in [1.82, 2.24) is 15.6 Å². The van der Waals surface area contributed by atoms with Gasteiger partial charge >= 0.3 is 6.03 Å². The topological polar surface area (TPSA) is 72.5 Å². The van der Waals surface area contributed by atoms with Gasteiger partial charge in [0.25, 0.3) is 0 Å². The summed E-state index contributed by atoms with van der Waals surface area (Å²) in [6, 6.07) is 5.71. The van der Waals surface area contributed by atoms with Gasteiger partial charge < -0.3 is 20.1 Å². The maximum atomic E-state index is 12.0. The van der Waals surface area contributed by atoms with Crippen molar-refractivity contribution in [1.29, 1.82) is 0 Å². The Morgan fingerprint density at radius 2 is 1.96 bits per heavy atom. The number of hydrogen-bond acceptors (Lipinski definition) is 4. The molecule has 2 aromatic rings. The van der Waals surface area contributed by atoms with Crippen LogP contribution in [0.15, 0.2) is 30.6 Å². The molecule has 0 unspecified atom stereocenters. The first kappa shape index (κ1) is 15.7. The van der Waals surface area contributed by atoms with Crippen LogP contribution < -0.4 is 20.1 Å². The van der Waals surface area contributed by atoms with Gasteiger partial charge in [0.05, 0.1) is 13.2 Å². The number of benzene rings is 1. The third kappa shape index (κ3) is 3.38. The number of ether oxygens (including phenoxy) is 2. The molecule has 2 N–H and O–H groups in total. The van der Waals surface area contributed by atoms with Crippen molar-refractivity contribution >= 4 is 6.03 Å². The molecule has 6 heteroatoms. The van der Waals surface area contributed by atoms with Crippen molar-refractivity contribution in [3.05, 3.63) is 52.8 Å². The third-order valence-corrected chi connectivity index (χ3v) is 4.62. The molecule has 0 aliphatic carbocycles. The molecule has 4 rings (SSSR count). The van der Waals surface area contributed by atoms with Gasteiger partial charge in [-0.25, -0.2) is 4.79 Å². The van der Waals surface area contributed by atoms with E-state index < -0.39 is 0 Å². The molecule has 0 radical (unpaired) electrons. The number of nitrogens with zero attached hydrogens (tertiary/aromatic N) is 1. The highest BCUT2D eigenvalue weighted by molar-refractivity contribution is 5.73. The zero-order chi connectivity index (χ0) is 17.1. The van der Waals surface area contributed by atoms with Crippen molar-refractivity contribution in [2.24, 2.45) is 0 Å². The Morgan fingerprint density at radius 3 is 2.84 bits per heavy atom. The SMILES string of the molecule is O=C(NCCc1c2c(cc3c1OCC3)OCC2)NCc1ccncc1. The number of rotatable bonds is 5. The molecule has 6 nitrogen and oxygen atoms in total. The monoisotopic (exact) mass is 339 g/mol. The molecule has 25 heavy (non-hydrogen) atoms. The normalized spacial score (nSPS) is 14.2. The van der Waals surface area contributed by atoms with E-state index >= 15 is 0 Å². The Kier molecular flexibility index (Phi) is 4.41. The van der Waals surface area contributed by atoms with Crippen molar-refractivity contribution < 1.29 is 14.3 Å². The van der Waals surface area contributed by atoms with Gasteiger partial charge in [0.1, 0.15) is 11.5 Å². The van der Waals surface area contributed by atoms with E-state index in [9.17, 15) is 4.79 Å². The van der Waals surface area contributed by atoms with Gasteiger partial charge in [0.15, 0.2) is 0 Å². The zero-order valence-corrected chi connectivity index (χ0v) is 14.0. The van der Waals surface area contributed by atoms with Crippen LogP contribution in [-0.4, -0.2) is 30.8 Å². The smallest absolute Gasteiger partial charge is 0.315 e. The Bertz CT molecular complexity index is 745. The fourth-order valence-electron chi connectivity index (χ4n) is 3.40. The molecule has 1 aromatic carbocycles. The number of carbonyl (C=O) groups excluding carboxylic acids is 1. The predicted molar refractivity (Wildman–Crippen MR) is 93.0 cm³/mol. The van der Waals surface area contributed by atoms with E-state index in [4.69, 9.17) is 9.47 Å². The number of amides is 2. The first-order valence-corrected chi connectivity index (χ1v) is 8.65. The first-order chi connectivity index (χ1) is 12.3. The largest absolute Gasteiger partial charge is 0.493 e. The molecule has 2 aliphatic heterocycles. The lowest BCUT2D eigenvalue weighted by atomic mass is 9.97. The van der Waals surface area contributed by atoms with Crippen molar-refractivity contribution in [3.63, 3.8) is 0 Å². The summed E-state index contributed by atoms with van der Waals surface area (Å²) in [7, 11) is 0. The highest BCUT2D eigenvalue weighted by atomic mass is 16.5.